The predicted molar refractivity (Wildman–Crippen MR) is 105 cm³/mol. The molecular formula is C20H32F6PRh-. The van der Waals surface area contributed by atoms with Gasteiger partial charge in [-0.15, -0.1) is 0 Å². The standard InChI is InChI=1S/2C10H16.F6P.Rh/c2*1-6-7(2)9(4)10(5)8(6)3;1-7(2,3,4,5)6;/h2*6H,1-5H3;;/q;;-1;. The summed E-state index contributed by atoms with van der Waals surface area (Å²) in [5, 5.41) is 0. The van der Waals surface area contributed by atoms with Crippen molar-refractivity contribution in [1.82, 2.24) is 0 Å². The second kappa shape index (κ2) is 8.76. The van der Waals surface area contributed by atoms with Crippen molar-refractivity contribution in [3.63, 3.8) is 0 Å². The molecule has 0 amide bonds. The molecular weight excluding hydrogens is 488 g/mol. The molecule has 0 spiro atoms. The maximum absolute atomic E-state index is 10.7. The Kier molecular flexibility index (Phi) is 9.32. The summed E-state index contributed by atoms with van der Waals surface area (Å²) >= 11 is 0. The van der Waals surface area contributed by atoms with Crippen LogP contribution in [0.3, 0.4) is 0 Å². The zero-order chi connectivity index (χ0) is 22.2. The first-order valence-electron chi connectivity index (χ1n) is 8.82. The van der Waals surface area contributed by atoms with Crippen LogP contribution in [0.2, 0.25) is 0 Å². The second-order valence-corrected chi connectivity index (χ2v) is 9.55. The average Bonchev–Trinajstić information content (AvgIpc) is 2.76. The zero-order valence-corrected chi connectivity index (χ0v) is 20.7. The maximum Gasteiger partial charge on any atom is 0 e. The minimum Gasteiger partial charge on any atom is 0 e. The molecule has 0 saturated heterocycles. The Morgan fingerprint density at radius 3 is 0.607 bits per heavy atom. The third kappa shape index (κ3) is 9.87. The summed E-state index contributed by atoms with van der Waals surface area (Å²) in [4.78, 5) is 0. The SMILES string of the molecule is CC1=C(C)C(C)C(C)=C1C.CC1=C(C)C(C)C(C)=C1C.F[P-](F)(F)(F)(F)F.[Rh]. The van der Waals surface area contributed by atoms with Crippen LogP contribution in [0.25, 0.3) is 0 Å². The van der Waals surface area contributed by atoms with E-state index in [1.165, 1.54) is 22.3 Å². The van der Waals surface area contributed by atoms with Gasteiger partial charge in [-0.25, -0.2) is 0 Å². The van der Waals surface area contributed by atoms with Crippen LogP contribution in [0.4, 0.5) is 25.2 Å². The Labute approximate surface area is 178 Å². The van der Waals surface area contributed by atoms with Crippen molar-refractivity contribution in [1.29, 1.82) is 0 Å². The third-order valence-electron chi connectivity index (χ3n) is 6.09. The monoisotopic (exact) mass is 520 g/mol. The Balaban J connectivity index is 0. The molecule has 2 aliphatic carbocycles. The van der Waals surface area contributed by atoms with E-state index in [2.05, 4.69) is 69.2 Å². The van der Waals surface area contributed by atoms with Crippen LogP contribution in [-0.2, 0) is 19.5 Å². The summed E-state index contributed by atoms with van der Waals surface area (Å²) in [6.07, 6.45) is 0. The Bertz CT molecular complexity index is 627. The van der Waals surface area contributed by atoms with Gasteiger partial charge in [-0.1, -0.05) is 36.1 Å². The molecule has 0 nitrogen and oxygen atoms in total. The van der Waals surface area contributed by atoms with E-state index >= 15 is 0 Å². The quantitative estimate of drug-likeness (QED) is 0.169. The Morgan fingerprint density at radius 1 is 0.464 bits per heavy atom. The van der Waals surface area contributed by atoms with Crippen LogP contribution in [0, 0.1) is 11.8 Å². The average molecular weight is 520 g/mol. The normalized spacial score (nSPS) is 21.0. The van der Waals surface area contributed by atoms with Gasteiger partial charge in [0.15, 0.2) is 0 Å². The predicted octanol–water partition coefficient (Wildman–Crippen LogP) is 10.00. The van der Waals surface area contributed by atoms with E-state index in [1.54, 1.807) is 22.3 Å². The number of allylic oxidation sites excluding steroid dienone is 8. The van der Waals surface area contributed by atoms with Crippen LogP contribution in [0.5, 0.6) is 0 Å². The number of halogens is 6. The van der Waals surface area contributed by atoms with Crippen LogP contribution in [-0.4, -0.2) is 0 Å². The maximum atomic E-state index is 9.87. The van der Waals surface area contributed by atoms with Crippen LogP contribution >= 0.6 is 7.81 Å². The van der Waals surface area contributed by atoms with Crippen molar-refractivity contribution in [2.24, 2.45) is 11.8 Å². The van der Waals surface area contributed by atoms with Crippen LogP contribution in [0.1, 0.15) is 69.2 Å². The van der Waals surface area contributed by atoms with Gasteiger partial charge >= 0.3 is 33.0 Å². The molecule has 2 rings (SSSR count). The molecule has 0 aromatic rings. The third-order valence-corrected chi connectivity index (χ3v) is 6.09. The van der Waals surface area contributed by atoms with Gasteiger partial charge in [0.25, 0.3) is 0 Å². The molecule has 8 heteroatoms. The topological polar surface area (TPSA) is 0 Å². The van der Waals surface area contributed by atoms with E-state index in [4.69, 9.17) is 0 Å². The van der Waals surface area contributed by atoms with Crippen molar-refractivity contribution < 1.29 is 44.7 Å². The van der Waals surface area contributed by atoms with E-state index in [0.29, 0.717) is 11.8 Å². The van der Waals surface area contributed by atoms with Gasteiger partial charge < -0.3 is 0 Å². The zero-order valence-electron chi connectivity index (χ0n) is 18.2. The van der Waals surface area contributed by atoms with Crippen LogP contribution in [0.15, 0.2) is 44.6 Å². The molecule has 169 valence electrons. The first-order valence-corrected chi connectivity index (χ1v) is 10.9. The molecule has 28 heavy (non-hydrogen) atoms. The minimum absolute atomic E-state index is 0. The largest absolute Gasteiger partial charge is 0 e. The summed E-state index contributed by atoms with van der Waals surface area (Å²) in [5.74, 6) is 1.39. The molecule has 0 aromatic heterocycles. The summed E-state index contributed by atoms with van der Waals surface area (Å²) in [7, 11) is -10.7. The van der Waals surface area contributed by atoms with Crippen molar-refractivity contribution in [2.75, 3.05) is 0 Å². The summed E-state index contributed by atoms with van der Waals surface area (Å²) in [5.41, 5.74) is 12.2. The van der Waals surface area contributed by atoms with E-state index in [-0.39, 0.29) is 19.5 Å². The van der Waals surface area contributed by atoms with Crippen LogP contribution < -0.4 is 0 Å². The van der Waals surface area contributed by atoms with Gasteiger partial charge in [0.2, 0.25) is 0 Å². The van der Waals surface area contributed by atoms with Crippen molar-refractivity contribution in [3.05, 3.63) is 44.6 Å². The van der Waals surface area contributed by atoms with Gasteiger partial charge in [0.1, 0.15) is 0 Å². The van der Waals surface area contributed by atoms with E-state index < -0.39 is 7.81 Å². The Hall–Kier alpha value is -0.407. The summed E-state index contributed by atoms with van der Waals surface area (Å²) < 4.78 is 59.2. The van der Waals surface area contributed by atoms with Crippen molar-refractivity contribution >= 4 is 7.81 Å². The molecule has 0 bridgehead atoms. The van der Waals surface area contributed by atoms with Gasteiger partial charge in [-0.2, -0.15) is 0 Å². The molecule has 0 heterocycles. The number of hydrogen-bond acceptors (Lipinski definition) is 0. The second-order valence-electron chi connectivity index (χ2n) is 7.63. The molecule has 0 fully saturated rings. The number of hydrogen-bond donors (Lipinski definition) is 0. The first-order chi connectivity index (χ1) is 11.6. The first kappa shape index (κ1) is 29.8. The smallest absolute Gasteiger partial charge is 0 e. The van der Waals surface area contributed by atoms with E-state index in [9.17, 15) is 25.2 Å². The molecule has 0 N–H and O–H groups in total. The van der Waals surface area contributed by atoms with Crippen molar-refractivity contribution in [2.45, 2.75) is 69.2 Å². The van der Waals surface area contributed by atoms with Gasteiger partial charge in [-0.05, 0) is 89.5 Å². The summed E-state index contributed by atoms with van der Waals surface area (Å²) in [6.45, 7) is 22.4. The molecule has 2 aliphatic rings. The molecule has 0 atom stereocenters. The molecule has 0 aliphatic heterocycles. The Morgan fingerprint density at radius 2 is 0.571 bits per heavy atom. The van der Waals surface area contributed by atoms with E-state index in [0.717, 1.165) is 0 Å². The fourth-order valence-corrected chi connectivity index (χ4v) is 3.13. The van der Waals surface area contributed by atoms with Gasteiger partial charge in [0, 0.05) is 19.5 Å². The molecule has 1 radical (unpaired) electrons. The minimum atomic E-state index is -10.7. The molecule has 0 aromatic carbocycles. The fourth-order valence-electron chi connectivity index (χ4n) is 3.13. The molecule has 0 unspecified atom stereocenters. The fraction of sp³-hybridized carbons (Fsp3) is 0.600. The van der Waals surface area contributed by atoms with Crippen molar-refractivity contribution in [3.8, 4) is 0 Å². The van der Waals surface area contributed by atoms with Gasteiger partial charge in [-0.3, -0.25) is 0 Å². The van der Waals surface area contributed by atoms with Gasteiger partial charge in [0.05, 0.1) is 0 Å². The molecule has 0 saturated carbocycles. The van der Waals surface area contributed by atoms with E-state index in [1.807, 2.05) is 0 Å². The summed E-state index contributed by atoms with van der Waals surface area (Å²) in [6, 6.07) is 0. The number of rotatable bonds is 0.